The Morgan fingerprint density at radius 2 is 2.29 bits per heavy atom. The zero-order chi connectivity index (χ0) is 10.5. The molecule has 1 aliphatic heterocycles. The quantitative estimate of drug-likeness (QED) is 0.610. The minimum Gasteiger partial charge on any atom is -0.384 e. The van der Waals surface area contributed by atoms with Crippen LogP contribution in [0.5, 0.6) is 0 Å². The minimum atomic E-state index is -0.821. The summed E-state index contributed by atoms with van der Waals surface area (Å²) in [4.78, 5) is 13.6. The van der Waals surface area contributed by atoms with Gasteiger partial charge in [-0.2, -0.15) is 0 Å². The van der Waals surface area contributed by atoms with Gasteiger partial charge in [-0.15, -0.1) is 0 Å². The van der Waals surface area contributed by atoms with Crippen LogP contribution in [0, 0.1) is 11.8 Å². The van der Waals surface area contributed by atoms with E-state index >= 15 is 0 Å². The topological polar surface area (TPSA) is 40.5 Å². The molecule has 1 fully saturated rings. The van der Waals surface area contributed by atoms with Crippen LogP contribution >= 0.6 is 0 Å². The van der Waals surface area contributed by atoms with Crippen LogP contribution < -0.4 is 0 Å². The first kappa shape index (κ1) is 9.87. The van der Waals surface area contributed by atoms with Crippen molar-refractivity contribution in [1.29, 1.82) is 0 Å². The lowest BCUT2D eigenvalue weighted by Gasteiger charge is -2.41. The van der Waals surface area contributed by atoms with Crippen LogP contribution in [0.2, 0.25) is 0 Å². The lowest BCUT2D eigenvalue weighted by Crippen LogP contribution is -2.50. The Hall–Kier alpha value is -0.670. The molecule has 0 radical (unpaired) electrons. The lowest BCUT2D eigenvalue weighted by atomic mass is 9.80. The molecule has 3 heteroatoms. The van der Waals surface area contributed by atoms with Gasteiger partial charge in [-0.1, -0.05) is 6.92 Å². The number of β-amino-alcohol motifs (C(OH)–C–C–N with tert-alkyl or cyclic N) is 1. The summed E-state index contributed by atoms with van der Waals surface area (Å²) in [5.41, 5.74) is 0.117. The molecule has 0 bridgehead atoms. The third-order valence-electron chi connectivity index (χ3n) is 3.46. The SMILES string of the molecule is C[C@@H]1C(=O)C=C2[C@H]1CN(C)C[C@@]2(C)O. The Labute approximate surface area is 84.4 Å². The van der Waals surface area contributed by atoms with E-state index in [4.69, 9.17) is 0 Å². The molecule has 2 aliphatic rings. The molecule has 3 atom stereocenters. The Bertz CT molecular complexity index is 306. The first-order valence-corrected chi connectivity index (χ1v) is 5.08. The molecule has 1 heterocycles. The fraction of sp³-hybridized carbons (Fsp3) is 0.727. The number of likely N-dealkylation sites (N-methyl/N-ethyl adjacent to an activating group) is 1. The molecule has 14 heavy (non-hydrogen) atoms. The third-order valence-corrected chi connectivity index (χ3v) is 3.46. The van der Waals surface area contributed by atoms with Gasteiger partial charge >= 0.3 is 0 Å². The number of fused-ring (bicyclic) bond motifs is 1. The summed E-state index contributed by atoms with van der Waals surface area (Å²) in [7, 11) is 1.99. The minimum absolute atomic E-state index is 0.0409. The summed E-state index contributed by atoms with van der Waals surface area (Å²) in [6.07, 6.45) is 1.66. The number of rotatable bonds is 0. The number of hydrogen-bond donors (Lipinski definition) is 1. The Kier molecular flexibility index (Phi) is 2.05. The van der Waals surface area contributed by atoms with Crippen LogP contribution in [-0.2, 0) is 4.79 Å². The smallest absolute Gasteiger partial charge is 0.159 e. The number of nitrogens with zero attached hydrogens (tertiary/aromatic N) is 1. The van der Waals surface area contributed by atoms with Gasteiger partial charge in [-0.3, -0.25) is 4.79 Å². The zero-order valence-electron chi connectivity index (χ0n) is 8.95. The molecule has 78 valence electrons. The van der Waals surface area contributed by atoms with Crippen molar-refractivity contribution < 1.29 is 9.90 Å². The Morgan fingerprint density at radius 1 is 1.64 bits per heavy atom. The number of allylic oxidation sites excluding steroid dienone is 1. The molecule has 0 aromatic rings. The van der Waals surface area contributed by atoms with Gasteiger partial charge in [0.2, 0.25) is 0 Å². The molecule has 2 rings (SSSR count). The molecular weight excluding hydrogens is 178 g/mol. The van der Waals surface area contributed by atoms with Crippen molar-refractivity contribution in [2.45, 2.75) is 19.4 Å². The second kappa shape index (κ2) is 2.91. The average molecular weight is 195 g/mol. The average Bonchev–Trinajstić information content (AvgIpc) is 2.31. The monoisotopic (exact) mass is 195 g/mol. The van der Waals surface area contributed by atoms with Crippen molar-refractivity contribution in [3.63, 3.8) is 0 Å². The van der Waals surface area contributed by atoms with E-state index in [-0.39, 0.29) is 17.6 Å². The number of piperidine rings is 1. The highest BCUT2D eigenvalue weighted by Gasteiger charge is 2.45. The molecule has 0 saturated carbocycles. The van der Waals surface area contributed by atoms with Crippen molar-refractivity contribution in [3.8, 4) is 0 Å². The molecule has 0 aromatic carbocycles. The van der Waals surface area contributed by atoms with Gasteiger partial charge in [0.15, 0.2) is 5.78 Å². The molecule has 1 N–H and O–H groups in total. The third kappa shape index (κ3) is 1.31. The van der Waals surface area contributed by atoms with Gasteiger partial charge in [-0.05, 0) is 25.6 Å². The second-order valence-electron chi connectivity index (χ2n) is 4.87. The highest BCUT2D eigenvalue weighted by molar-refractivity contribution is 5.96. The number of likely N-dealkylation sites (tertiary alicyclic amines) is 1. The molecule has 0 amide bonds. The van der Waals surface area contributed by atoms with Gasteiger partial charge in [0, 0.05) is 24.9 Å². The van der Waals surface area contributed by atoms with Crippen LogP contribution in [-0.4, -0.2) is 41.5 Å². The largest absolute Gasteiger partial charge is 0.384 e. The summed E-state index contributed by atoms with van der Waals surface area (Å²) in [6.45, 7) is 5.25. The standard InChI is InChI=1S/C11H17NO2/c1-7-8-5-12(3)6-11(2,14)9(8)4-10(7)13/h4,7-8,14H,5-6H2,1-3H3/t7-,8-,11+/m0/s1. The Balaban J connectivity index is 2.35. The number of carbonyl (C=O) groups is 1. The maximum Gasteiger partial charge on any atom is 0.159 e. The molecule has 3 nitrogen and oxygen atoms in total. The van der Waals surface area contributed by atoms with Crippen LogP contribution in [0.1, 0.15) is 13.8 Å². The van der Waals surface area contributed by atoms with Gasteiger partial charge in [0.25, 0.3) is 0 Å². The van der Waals surface area contributed by atoms with Crippen molar-refractivity contribution in [2.75, 3.05) is 20.1 Å². The van der Waals surface area contributed by atoms with Gasteiger partial charge in [0.1, 0.15) is 0 Å². The number of carbonyl (C=O) groups excluding carboxylic acids is 1. The van der Waals surface area contributed by atoms with E-state index in [2.05, 4.69) is 4.90 Å². The summed E-state index contributed by atoms with van der Waals surface area (Å²) >= 11 is 0. The van der Waals surface area contributed by atoms with Crippen LogP contribution in [0.15, 0.2) is 11.6 Å². The molecular formula is C11H17NO2. The summed E-state index contributed by atoms with van der Waals surface area (Å²) < 4.78 is 0. The van der Waals surface area contributed by atoms with E-state index in [0.717, 1.165) is 12.1 Å². The molecule has 0 unspecified atom stereocenters. The summed E-state index contributed by atoms with van der Waals surface area (Å²) in [5, 5.41) is 10.2. The molecule has 1 saturated heterocycles. The predicted molar refractivity (Wildman–Crippen MR) is 53.9 cm³/mol. The van der Waals surface area contributed by atoms with E-state index in [0.29, 0.717) is 6.54 Å². The summed E-state index contributed by atoms with van der Waals surface area (Å²) in [6, 6.07) is 0. The lowest BCUT2D eigenvalue weighted by molar-refractivity contribution is -0.118. The normalized spacial score (nSPS) is 43.7. The number of hydrogen-bond acceptors (Lipinski definition) is 3. The maximum absolute atomic E-state index is 11.5. The fourth-order valence-corrected chi connectivity index (χ4v) is 2.69. The van der Waals surface area contributed by atoms with E-state index in [1.165, 1.54) is 0 Å². The zero-order valence-corrected chi connectivity index (χ0v) is 8.95. The molecule has 0 aromatic heterocycles. The van der Waals surface area contributed by atoms with E-state index < -0.39 is 5.60 Å². The second-order valence-corrected chi connectivity index (χ2v) is 4.87. The van der Waals surface area contributed by atoms with E-state index in [1.54, 1.807) is 13.0 Å². The fourth-order valence-electron chi connectivity index (χ4n) is 2.69. The van der Waals surface area contributed by atoms with Crippen LogP contribution in [0.25, 0.3) is 0 Å². The van der Waals surface area contributed by atoms with Crippen molar-refractivity contribution in [1.82, 2.24) is 4.90 Å². The van der Waals surface area contributed by atoms with Crippen molar-refractivity contribution in [3.05, 3.63) is 11.6 Å². The number of ketones is 1. The molecule has 1 aliphatic carbocycles. The highest BCUT2D eigenvalue weighted by Crippen LogP contribution is 2.39. The highest BCUT2D eigenvalue weighted by atomic mass is 16.3. The molecule has 0 spiro atoms. The van der Waals surface area contributed by atoms with Crippen molar-refractivity contribution >= 4 is 5.78 Å². The van der Waals surface area contributed by atoms with Crippen LogP contribution in [0.3, 0.4) is 0 Å². The predicted octanol–water partition coefficient (Wildman–Crippen LogP) is 0.444. The Morgan fingerprint density at radius 3 is 2.93 bits per heavy atom. The van der Waals surface area contributed by atoms with Crippen LogP contribution in [0.4, 0.5) is 0 Å². The van der Waals surface area contributed by atoms with Gasteiger partial charge < -0.3 is 10.0 Å². The van der Waals surface area contributed by atoms with Crippen molar-refractivity contribution in [2.24, 2.45) is 11.8 Å². The first-order chi connectivity index (χ1) is 6.42. The summed E-state index contributed by atoms with van der Waals surface area (Å²) in [5.74, 6) is 0.427. The first-order valence-electron chi connectivity index (χ1n) is 5.08. The van der Waals surface area contributed by atoms with E-state index in [9.17, 15) is 9.90 Å². The number of aliphatic hydroxyl groups is 1. The maximum atomic E-state index is 11.5. The van der Waals surface area contributed by atoms with Gasteiger partial charge in [-0.25, -0.2) is 0 Å². The van der Waals surface area contributed by atoms with E-state index in [1.807, 2.05) is 14.0 Å². The van der Waals surface area contributed by atoms with Gasteiger partial charge in [0.05, 0.1) is 5.60 Å².